The number of hydrogen-bond acceptors (Lipinski definition) is 6. The number of ketones is 2. The highest BCUT2D eigenvalue weighted by Gasteiger charge is 2.43. The minimum Gasteiger partial charge on any atom is -0.461 e. The van der Waals surface area contributed by atoms with Crippen molar-refractivity contribution in [3.8, 4) is 0 Å². The Hall–Kier alpha value is -2.76. The molecule has 0 amide bonds. The van der Waals surface area contributed by atoms with Crippen LogP contribution in [0.2, 0.25) is 0 Å². The van der Waals surface area contributed by atoms with Crippen LogP contribution in [0.3, 0.4) is 0 Å². The van der Waals surface area contributed by atoms with Crippen molar-refractivity contribution in [2.45, 2.75) is 74.1 Å². The number of rotatable bonds is 10. The third-order valence-corrected chi connectivity index (χ3v) is 5.79. The van der Waals surface area contributed by atoms with Gasteiger partial charge in [0.2, 0.25) is 0 Å². The van der Waals surface area contributed by atoms with Gasteiger partial charge in [-0.2, -0.15) is 0 Å². The van der Waals surface area contributed by atoms with Crippen LogP contribution in [0.1, 0.15) is 74.1 Å². The highest BCUT2D eigenvalue weighted by Crippen LogP contribution is 2.46. The fraction of sp³-hybridized carbons (Fsp3) is 0.556. The molecule has 1 rings (SSSR count). The maximum Gasteiger partial charge on any atom is 0.335 e. The molecule has 0 saturated heterocycles. The van der Waals surface area contributed by atoms with Gasteiger partial charge < -0.3 is 14.3 Å². The van der Waals surface area contributed by atoms with Gasteiger partial charge in [-0.25, -0.2) is 4.79 Å². The first-order valence-electron chi connectivity index (χ1n) is 11.4. The van der Waals surface area contributed by atoms with E-state index in [2.05, 4.69) is 13.0 Å². The predicted molar refractivity (Wildman–Crippen MR) is 128 cm³/mol. The van der Waals surface area contributed by atoms with Crippen molar-refractivity contribution >= 4 is 23.5 Å². The first kappa shape index (κ1) is 28.3. The maximum atomic E-state index is 13.4. The van der Waals surface area contributed by atoms with Crippen molar-refractivity contribution in [1.29, 1.82) is 0 Å². The molecule has 0 unspecified atom stereocenters. The SMILES string of the molecule is CC(=O)C[C@@H]1C(=O)C(COC(C)=O)=CC[C@](C)(CCC=C(C)C)[C@H]1/C=C/OC(=O)C=C(C)C. The summed E-state index contributed by atoms with van der Waals surface area (Å²) in [6.45, 7) is 12.4. The summed E-state index contributed by atoms with van der Waals surface area (Å²) in [4.78, 5) is 48.9. The summed E-state index contributed by atoms with van der Waals surface area (Å²) in [6, 6.07) is 0. The number of hydrogen-bond donors (Lipinski definition) is 0. The zero-order valence-corrected chi connectivity index (χ0v) is 21.0. The van der Waals surface area contributed by atoms with Gasteiger partial charge in [0.25, 0.3) is 0 Å². The minimum absolute atomic E-state index is 0.0609. The van der Waals surface area contributed by atoms with Crippen LogP contribution in [0.15, 0.2) is 47.3 Å². The zero-order valence-electron chi connectivity index (χ0n) is 21.0. The number of carbonyl (C=O) groups is 4. The quantitative estimate of drug-likeness (QED) is 0.188. The molecule has 0 radical (unpaired) electrons. The summed E-state index contributed by atoms with van der Waals surface area (Å²) in [5.41, 5.74) is 2.05. The number of carbonyl (C=O) groups excluding carboxylic acids is 4. The molecule has 0 fully saturated rings. The van der Waals surface area contributed by atoms with E-state index in [1.807, 2.05) is 19.9 Å². The molecular formula is C27H38O6. The molecule has 3 atom stereocenters. The lowest BCUT2D eigenvalue weighted by molar-refractivity contribution is -0.140. The lowest BCUT2D eigenvalue weighted by Gasteiger charge is -2.38. The maximum absolute atomic E-state index is 13.4. The van der Waals surface area contributed by atoms with Crippen LogP contribution in [0.4, 0.5) is 0 Å². The van der Waals surface area contributed by atoms with Crippen molar-refractivity contribution in [3.05, 3.63) is 47.3 Å². The second kappa shape index (κ2) is 13.1. The van der Waals surface area contributed by atoms with Crippen LogP contribution < -0.4 is 0 Å². The summed E-state index contributed by atoms with van der Waals surface area (Å²) >= 11 is 0. The Bertz CT molecular complexity index is 865. The highest BCUT2D eigenvalue weighted by atomic mass is 16.5. The van der Waals surface area contributed by atoms with Gasteiger partial charge in [0.15, 0.2) is 5.78 Å². The summed E-state index contributed by atoms with van der Waals surface area (Å²) in [5.74, 6) is -2.25. The van der Waals surface area contributed by atoms with Crippen LogP contribution in [0.25, 0.3) is 0 Å². The van der Waals surface area contributed by atoms with Gasteiger partial charge in [0.1, 0.15) is 12.4 Å². The van der Waals surface area contributed by atoms with E-state index in [4.69, 9.17) is 9.47 Å². The number of allylic oxidation sites excluding steroid dienone is 5. The van der Waals surface area contributed by atoms with Gasteiger partial charge in [0, 0.05) is 30.9 Å². The Morgan fingerprint density at radius 2 is 1.76 bits per heavy atom. The van der Waals surface area contributed by atoms with E-state index in [1.165, 1.54) is 31.8 Å². The molecule has 6 nitrogen and oxygen atoms in total. The van der Waals surface area contributed by atoms with Crippen LogP contribution >= 0.6 is 0 Å². The van der Waals surface area contributed by atoms with Gasteiger partial charge in [-0.1, -0.05) is 30.2 Å². The Labute approximate surface area is 197 Å². The lowest BCUT2D eigenvalue weighted by Crippen LogP contribution is -2.35. The van der Waals surface area contributed by atoms with Crippen molar-refractivity contribution in [1.82, 2.24) is 0 Å². The molecule has 0 spiro atoms. The van der Waals surface area contributed by atoms with Crippen molar-refractivity contribution < 1.29 is 28.7 Å². The number of Topliss-reactive ketones (excluding diaryl/α,β-unsaturated/α-hetero) is 2. The second-order valence-electron chi connectivity index (χ2n) is 9.58. The molecule has 182 valence electrons. The molecule has 6 heteroatoms. The Morgan fingerprint density at radius 1 is 1.09 bits per heavy atom. The molecule has 0 aromatic carbocycles. The number of ether oxygens (including phenoxy) is 2. The fourth-order valence-corrected chi connectivity index (χ4v) is 4.11. The smallest absolute Gasteiger partial charge is 0.335 e. The predicted octanol–water partition coefficient (Wildman–Crippen LogP) is 5.44. The second-order valence-corrected chi connectivity index (χ2v) is 9.58. The Balaban J connectivity index is 3.39. The molecule has 0 aliphatic heterocycles. The van der Waals surface area contributed by atoms with E-state index < -0.39 is 17.9 Å². The largest absolute Gasteiger partial charge is 0.461 e. The van der Waals surface area contributed by atoms with Gasteiger partial charge in [-0.05, 0) is 71.3 Å². The van der Waals surface area contributed by atoms with E-state index in [0.29, 0.717) is 12.0 Å². The Kier molecular flexibility index (Phi) is 11.2. The summed E-state index contributed by atoms with van der Waals surface area (Å²) < 4.78 is 10.3. The van der Waals surface area contributed by atoms with Crippen molar-refractivity contribution in [2.75, 3.05) is 6.61 Å². The number of esters is 2. The first-order chi connectivity index (χ1) is 15.4. The summed E-state index contributed by atoms with van der Waals surface area (Å²) in [5, 5.41) is 0. The molecule has 0 bridgehead atoms. The van der Waals surface area contributed by atoms with Crippen LogP contribution in [-0.2, 0) is 28.7 Å². The molecule has 1 aliphatic carbocycles. The zero-order chi connectivity index (χ0) is 25.2. The minimum atomic E-state index is -0.637. The topological polar surface area (TPSA) is 86.7 Å². The van der Waals surface area contributed by atoms with E-state index >= 15 is 0 Å². The average Bonchev–Trinajstić information content (AvgIpc) is 2.76. The van der Waals surface area contributed by atoms with Gasteiger partial charge in [-0.15, -0.1) is 0 Å². The molecule has 1 aliphatic rings. The first-order valence-corrected chi connectivity index (χ1v) is 11.4. The molecule has 0 N–H and O–H groups in total. The molecule has 33 heavy (non-hydrogen) atoms. The van der Waals surface area contributed by atoms with Gasteiger partial charge >= 0.3 is 11.9 Å². The normalized spacial score (nSPS) is 22.8. The summed E-state index contributed by atoms with van der Waals surface area (Å²) in [7, 11) is 0. The van der Waals surface area contributed by atoms with E-state index in [9.17, 15) is 19.2 Å². The van der Waals surface area contributed by atoms with Gasteiger partial charge in [0.05, 0.1) is 6.26 Å². The monoisotopic (exact) mass is 458 g/mol. The third-order valence-electron chi connectivity index (χ3n) is 5.79. The van der Waals surface area contributed by atoms with Crippen molar-refractivity contribution in [2.24, 2.45) is 17.3 Å². The van der Waals surface area contributed by atoms with Crippen LogP contribution in [-0.4, -0.2) is 30.1 Å². The lowest BCUT2D eigenvalue weighted by atomic mass is 9.65. The molecule has 0 aromatic heterocycles. The fourth-order valence-electron chi connectivity index (χ4n) is 4.11. The standard InChI is InChI=1S/C27H38O6/c1-18(2)9-8-12-27(7)13-10-22(17-33-21(6)29)26(31)23(16-20(5)28)24(27)11-14-32-25(30)15-19(3)4/h9-11,14-15,23-24H,8,12-13,16-17H2,1-7H3/b14-11+/t23-,24-,27-/m0/s1. The van der Waals surface area contributed by atoms with E-state index in [-0.39, 0.29) is 35.9 Å². The van der Waals surface area contributed by atoms with Gasteiger partial charge in [-0.3, -0.25) is 9.59 Å². The van der Waals surface area contributed by atoms with E-state index in [1.54, 1.807) is 19.9 Å². The third kappa shape index (κ3) is 9.72. The summed E-state index contributed by atoms with van der Waals surface area (Å²) in [6.07, 6.45) is 10.7. The van der Waals surface area contributed by atoms with Crippen LogP contribution in [0.5, 0.6) is 0 Å². The Morgan fingerprint density at radius 3 is 2.30 bits per heavy atom. The molecule has 0 saturated carbocycles. The molecule has 0 heterocycles. The molecular weight excluding hydrogens is 420 g/mol. The van der Waals surface area contributed by atoms with Crippen LogP contribution in [0, 0.1) is 17.3 Å². The highest BCUT2D eigenvalue weighted by molar-refractivity contribution is 6.00. The van der Waals surface area contributed by atoms with E-state index in [0.717, 1.165) is 18.4 Å². The average molecular weight is 459 g/mol. The molecule has 0 aromatic rings. The van der Waals surface area contributed by atoms with Crippen molar-refractivity contribution in [3.63, 3.8) is 0 Å².